The van der Waals surface area contributed by atoms with Crippen molar-refractivity contribution in [3.63, 3.8) is 0 Å². The summed E-state index contributed by atoms with van der Waals surface area (Å²) in [6.07, 6.45) is 1.72. The number of furan rings is 1. The van der Waals surface area contributed by atoms with E-state index in [0.29, 0.717) is 22.7 Å². The highest BCUT2D eigenvalue weighted by atomic mass is 16.6. The van der Waals surface area contributed by atoms with E-state index in [1.807, 2.05) is 6.92 Å². The standard InChI is InChI=1S/C14H13N3O4/c1-8(13-3-2-4-21-13)15-11-7-10-9(6-14(18)16-10)5-12(11)17(19)20/h2-5,7-8,15H,6H2,1H3,(H,16,18). The number of fused-ring (bicyclic) bond motifs is 1. The highest BCUT2D eigenvalue weighted by Gasteiger charge is 2.25. The third kappa shape index (κ3) is 2.45. The summed E-state index contributed by atoms with van der Waals surface area (Å²) < 4.78 is 5.28. The lowest BCUT2D eigenvalue weighted by atomic mass is 10.1. The Labute approximate surface area is 120 Å². The van der Waals surface area contributed by atoms with Gasteiger partial charge in [0.15, 0.2) is 0 Å². The van der Waals surface area contributed by atoms with E-state index in [1.54, 1.807) is 24.5 Å². The van der Waals surface area contributed by atoms with Crippen molar-refractivity contribution in [1.29, 1.82) is 0 Å². The third-order valence-corrected chi connectivity index (χ3v) is 3.39. The van der Waals surface area contributed by atoms with Crippen LogP contribution in [0.2, 0.25) is 0 Å². The summed E-state index contributed by atoms with van der Waals surface area (Å²) in [6.45, 7) is 1.84. The van der Waals surface area contributed by atoms with E-state index in [4.69, 9.17) is 4.42 Å². The number of nitrogens with one attached hydrogen (secondary N) is 2. The van der Waals surface area contributed by atoms with Gasteiger partial charge < -0.3 is 15.1 Å². The molecule has 1 atom stereocenters. The first-order valence-corrected chi connectivity index (χ1v) is 6.45. The van der Waals surface area contributed by atoms with Gasteiger partial charge in [-0.15, -0.1) is 0 Å². The smallest absolute Gasteiger partial charge is 0.292 e. The van der Waals surface area contributed by atoms with Crippen molar-refractivity contribution in [1.82, 2.24) is 0 Å². The Morgan fingerprint density at radius 2 is 2.29 bits per heavy atom. The molecule has 1 aromatic heterocycles. The van der Waals surface area contributed by atoms with Gasteiger partial charge in [0.2, 0.25) is 5.91 Å². The van der Waals surface area contributed by atoms with Gasteiger partial charge in [-0.25, -0.2) is 0 Å². The van der Waals surface area contributed by atoms with Crippen LogP contribution in [0.5, 0.6) is 0 Å². The number of rotatable bonds is 4. The molecule has 0 aliphatic carbocycles. The van der Waals surface area contributed by atoms with Crippen molar-refractivity contribution in [3.8, 4) is 0 Å². The third-order valence-electron chi connectivity index (χ3n) is 3.39. The highest BCUT2D eigenvalue weighted by Crippen LogP contribution is 2.36. The van der Waals surface area contributed by atoms with Crippen molar-refractivity contribution >= 4 is 23.0 Å². The molecule has 0 radical (unpaired) electrons. The first-order chi connectivity index (χ1) is 10.0. The molecule has 0 fully saturated rings. The predicted octanol–water partition coefficient (Wildman–Crippen LogP) is 2.86. The largest absolute Gasteiger partial charge is 0.467 e. The van der Waals surface area contributed by atoms with E-state index >= 15 is 0 Å². The lowest BCUT2D eigenvalue weighted by Gasteiger charge is -2.14. The number of nitro benzene ring substituents is 1. The van der Waals surface area contributed by atoms with Gasteiger partial charge in [0.1, 0.15) is 11.4 Å². The molecule has 0 saturated heterocycles. The van der Waals surface area contributed by atoms with Crippen molar-refractivity contribution < 1.29 is 14.1 Å². The molecule has 1 aliphatic heterocycles. The molecule has 108 valence electrons. The Kier molecular flexibility index (Phi) is 3.09. The van der Waals surface area contributed by atoms with Crippen LogP contribution in [0, 0.1) is 10.1 Å². The van der Waals surface area contributed by atoms with Crippen molar-refractivity contribution in [2.45, 2.75) is 19.4 Å². The maximum absolute atomic E-state index is 11.4. The summed E-state index contributed by atoms with van der Waals surface area (Å²) in [6, 6.07) is 6.35. The van der Waals surface area contributed by atoms with Gasteiger partial charge in [-0.2, -0.15) is 0 Å². The highest BCUT2D eigenvalue weighted by molar-refractivity contribution is 6.00. The first-order valence-electron chi connectivity index (χ1n) is 6.45. The quantitative estimate of drug-likeness (QED) is 0.665. The molecule has 1 aliphatic rings. The maximum Gasteiger partial charge on any atom is 0.292 e. The topological polar surface area (TPSA) is 97.4 Å². The summed E-state index contributed by atoms with van der Waals surface area (Å²) in [5, 5.41) is 16.9. The average Bonchev–Trinajstić information content (AvgIpc) is 3.05. The first kappa shape index (κ1) is 13.2. The average molecular weight is 287 g/mol. The lowest BCUT2D eigenvalue weighted by molar-refractivity contribution is -0.384. The summed E-state index contributed by atoms with van der Waals surface area (Å²) >= 11 is 0. The van der Waals surface area contributed by atoms with Gasteiger partial charge in [0, 0.05) is 11.8 Å². The number of nitro groups is 1. The Balaban J connectivity index is 1.95. The van der Waals surface area contributed by atoms with E-state index < -0.39 is 4.92 Å². The molecule has 2 aromatic rings. The number of carbonyl (C=O) groups excluding carboxylic acids is 1. The van der Waals surface area contributed by atoms with Crippen LogP contribution in [0.15, 0.2) is 34.9 Å². The van der Waals surface area contributed by atoms with Crippen molar-refractivity contribution in [2.75, 3.05) is 10.6 Å². The SMILES string of the molecule is CC(Nc1cc2c(cc1[N+](=O)[O-])CC(=O)N2)c1ccco1. The number of hydrogen-bond acceptors (Lipinski definition) is 5. The molecule has 21 heavy (non-hydrogen) atoms. The van der Waals surface area contributed by atoms with E-state index in [2.05, 4.69) is 10.6 Å². The van der Waals surface area contributed by atoms with Gasteiger partial charge in [-0.3, -0.25) is 14.9 Å². The fourth-order valence-corrected chi connectivity index (χ4v) is 2.37. The minimum Gasteiger partial charge on any atom is -0.467 e. The van der Waals surface area contributed by atoms with Crippen LogP contribution in [0.1, 0.15) is 24.3 Å². The van der Waals surface area contributed by atoms with Gasteiger partial charge in [0.25, 0.3) is 5.69 Å². The second-order valence-electron chi connectivity index (χ2n) is 4.89. The van der Waals surface area contributed by atoms with E-state index in [-0.39, 0.29) is 24.1 Å². The zero-order valence-corrected chi connectivity index (χ0v) is 11.3. The number of hydrogen-bond donors (Lipinski definition) is 2. The van der Waals surface area contributed by atoms with Crippen LogP contribution >= 0.6 is 0 Å². The van der Waals surface area contributed by atoms with E-state index in [0.717, 1.165) is 0 Å². The minimum absolute atomic E-state index is 0.0522. The molecular weight excluding hydrogens is 274 g/mol. The Morgan fingerprint density at radius 1 is 1.48 bits per heavy atom. The Bertz CT molecular complexity index is 709. The fourth-order valence-electron chi connectivity index (χ4n) is 2.37. The molecule has 7 nitrogen and oxygen atoms in total. The van der Waals surface area contributed by atoms with E-state index in [9.17, 15) is 14.9 Å². The second-order valence-corrected chi connectivity index (χ2v) is 4.89. The molecule has 2 heterocycles. The molecule has 1 unspecified atom stereocenters. The molecule has 7 heteroatoms. The lowest BCUT2D eigenvalue weighted by Crippen LogP contribution is -2.08. The Morgan fingerprint density at radius 3 is 2.95 bits per heavy atom. The van der Waals surface area contributed by atoms with Crippen LogP contribution in [-0.4, -0.2) is 10.8 Å². The van der Waals surface area contributed by atoms with Gasteiger partial charge in [-0.05, 0) is 30.7 Å². The number of nitrogens with zero attached hydrogens (tertiary/aromatic N) is 1. The molecule has 1 amide bonds. The monoisotopic (exact) mass is 287 g/mol. The Hall–Kier alpha value is -2.83. The summed E-state index contributed by atoms with van der Waals surface area (Å²) in [4.78, 5) is 22.1. The fraction of sp³-hybridized carbons (Fsp3) is 0.214. The van der Waals surface area contributed by atoms with Gasteiger partial charge in [-0.1, -0.05) is 0 Å². The maximum atomic E-state index is 11.4. The molecule has 0 saturated carbocycles. The number of amides is 1. The zero-order chi connectivity index (χ0) is 15.0. The van der Waals surface area contributed by atoms with Crippen LogP contribution in [0.25, 0.3) is 0 Å². The van der Waals surface area contributed by atoms with Crippen LogP contribution in [-0.2, 0) is 11.2 Å². The van der Waals surface area contributed by atoms with Gasteiger partial charge >= 0.3 is 0 Å². The van der Waals surface area contributed by atoms with Gasteiger partial charge in [0.05, 0.1) is 23.6 Å². The summed E-state index contributed by atoms with van der Waals surface area (Å²) in [5.41, 5.74) is 1.55. The molecule has 2 N–H and O–H groups in total. The molecule has 0 spiro atoms. The number of benzene rings is 1. The molecule has 0 bridgehead atoms. The zero-order valence-electron chi connectivity index (χ0n) is 11.3. The number of carbonyl (C=O) groups is 1. The molecular formula is C14H13N3O4. The normalized spacial score (nSPS) is 14.4. The molecule has 1 aromatic carbocycles. The minimum atomic E-state index is -0.458. The number of anilines is 2. The van der Waals surface area contributed by atoms with Crippen LogP contribution < -0.4 is 10.6 Å². The molecule has 3 rings (SSSR count). The summed E-state index contributed by atoms with van der Waals surface area (Å²) in [7, 11) is 0. The van der Waals surface area contributed by atoms with Crippen LogP contribution in [0.4, 0.5) is 17.1 Å². The second kappa shape index (κ2) is 4.93. The van der Waals surface area contributed by atoms with Crippen molar-refractivity contribution in [3.05, 3.63) is 52.0 Å². The van der Waals surface area contributed by atoms with E-state index in [1.165, 1.54) is 6.07 Å². The van der Waals surface area contributed by atoms with Crippen molar-refractivity contribution in [2.24, 2.45) is 0 Å². The summed E-state index contributed by atoms with van der Waals surface area (Å²) in [5.74, 6) is 0.518. The predicted molar refractivity (Wildman–Crippen MR) is 76.2 cm³/mol. The van der Waals surface area contributed by atoms with Crippen LogP contribution in [0.3, 0.4) is 0 Å².